The summed E-state index contributed by atoms with van der Waals surface area (Å²) in [6, 6.07) is 0.630. The lowest BCUT2D eigenvalue weighted by Crippen LogP contribution is -2.08. The molecule has 4 rings (SSSR count). The van der Waals surface area contributed by atoms with Crippen molar-refractivity contribution in [2.45, 2.75) is 6.92 Å². The Morgan fingerprint density at radius 2 is 2.00 bits per heavy atom. The Morgan fingerprint density at radius 1 is 1.22 bits per heavy atom. The van der Waals surface area contributed by atoms with Crippen LogP contribution in [0, 0.1) is 18.6 Å². The van der Waals surface area contributed by atoms with Crippen LogP contribution >= 0.6 is 11.3 Å². The second kappa shape index (κ2) is 4.59. The van der Waals surface area contributed by atoms with Crippen LogP contribution in [0.3, 0.4) is 0 Å². The van der Waals surface area contributed by atoms with Crippen LogP contribution in [0.25, 0.3) is 32.4 Å². The number of aromatic nitrogens is 4. The Morgan fingerprint density at radius 3 is 2.70 bits per heavy atom. The van der Waals surface area contributed by atoms with E-state index in [1.807, 2.05) is 0 Å². The maximum absolute atomic E-state index is 14.5. The van der Waals surface area contributed by atoms with Gasteiger partial charge in [0.05, 0.1) is 16.0 Å². The van der Waals surface area contributed by atoms with Gasteiger partial charge in [-0.15, -0.1) is 0 Å². The van der Waals surface area contributed by atoms with Crippen molar-refractivity contribution in [2.24, 2.45) is 0 Å². The number of nitrogens with one attached hydrogen (secondary N) is 2. The van der Waals surface area contributed by atoms with E-state index in [2.05, 4.69) is 20.2 Å². The summed E-state index contributed by atoms with van der Waals surface area (Å²) < 4.78 is 29.0. The van der Waals surface area contributed by atoms with E-state index in [-0.39, 0.29) is 21.6 Å². The van der Waals surface area contributed by atoms with Crippen molar-refractivity contribution in [3.05, 3.63) is 39.8 Å². The first-order chi connectivity index (χ1) is 11.0. The molecule has 0 saturated carbocycles. The van der Waals surface area contributed by atoms with Gasteiger partial charge in [0.25, 0.3) is 0 Å². The largest absolute Gasteiger partial charge is 0.375 e. The fourth-order valence-corrected chi connectivity index (χ4v) is 3.34. The van der Waals surface area contributed by atoms with Crippen molar-refractivity contribution < 1.29 is 8.78 Å². The molecule has 0 aliphatic rings. The molecular formula is C14H9F2N5OS. The Kier molecular flexibility index (Phi) is 2.76. The van der Waals surface area contributed by atoms with E-state index < -0.39 is 17.1 Å². The number of anilines is 1. The summed E-state index contributed by atoms with van der Waals surface area (Å²) >= 11 is 1.10. The van der Waals surface area contributed by atoms with Crippen LogP contribution in [0.1, 0.15) is 5.69 Å². The van der Waals surface area contributed by atoms with E-state index in [0.29, 0.717) is 27.7 Å². The summed E-state index contributed by atoms with van der Waals surface area (Å²) in [5.74, 6) is -1.84. The van der Waals surface area contributed by atoms with Crippen molar-refractivity contribution in [1.29, 1.82) is 0 Å². The zero-order valence-corrected chi connectivity index (χ0v) is 12.5. The molecule has 6 nitrogen and oxygen atoms in total. The number of nitrogens with two attached hydrogens (primary N) is 1. The van der Waals surface area contributed by atoms with Crippen LogP contribution in [0.15, 0.2) is 17.1 Å². The first-order valence-electron chi connectivity index (χ1n) is 6.57. The summed E-state index contributed by atoms with van der Waals surface area (Å²) in [6.07, 6.45) is 1.44. The van der Waals surface area contributed by atoms with E-state index >= 15 is 0 Å². The predicted molar refractivity (Wildman–Crippen MR) is 84.4 cm³/mol. The molecular weight excluding hydrogens is 324 g/mol. The van der Waals surface area contributed by atoms with Gasteiger partial charge in [-0.3, -0.25) is 9.89 Å². The summed E-state index contributed by atoms with van der Waals surface area (Å²) in [5.41, 5.74) is 5.68. The summed E-state index contributed by atoms with van der Waals surface area (Å²) in [6.45, 7) is 1.68. The van der Waals surface area contributed by atoms with Crippen LogP contribution in [-0.2, 0) is 0 Å². The lowest BCUT2D eigenvalue weighted by atomic mass is 10.0. The highest BCUT2D eigenvalue weighted by Gasteiger charge is 2.22. The van der Waals surface area contributed by atoms with Gasteiger partial charge in [0.15, 0.2) is 16.6 Å². The normalized spacial score (nSPS) is 11.6. The summed E-state index contributed by atoms with van der Waals surface area (Å²) in [7, 11) is 0. The van der Waals surface area contributed by atoms with E-state index in [1.165, 1.54) is 6.20 Å². The molecule has 9 heteroatoms. The Labute approximate surface area is 131 Å². The third kappa shape index (κ3) is 1.86. The van der Waals surface area contributed by atoms with Gasteiger partial charge in [0, 0.05) is 28.7 Å². The second-order valence-electron chi connectivity index (χ2n) is 5.04. The van der Waals surface area contributed by atoms with Crippen LogP contribution in [0.5, 0.6) is 0 Å². The molecule has 0 aliphatic heterocycles. The molecule has 0 bridgehead atoms. The number of halogens is 2. The molecule has 0 unspecified atom stereocenters. The van der Waals surface area contributed by atoms with E-state index in [9.17, 15) is 13.6 Å². The maximum atomic E-state index is 14.5. The zero-order valence-electron chi connectivity index (χ0n) is 11.7. The highest BCUT2D eigenvalue weighted by atomic mass is 32.1. The van der Waals surface area contributed by atoms with E-state index in [1.54, 1.807) is 6.92 Å². The zero-order chi connectivity index (χ0) is 16.3. The minimum Gasteiger partial charge on any atom is -0.375 e. The van der Waals surface area contributed by atoms with Gasteiger partial charge in [-0.1, -0.05) is 11.3 Å². The van der Waals surface area contributed by atoms with Crippen LogP contribution < -0.4 is 11.2 Å². The molecule has 0 fully saturated rings. The third-order valence-electron chi connectivity index (χ3n) is 3.63. The van der Waals surface area contributed by atoms with Crippen molar-refractivity contribution in [3.63, 3.8) is 0 Å². The van der Waals surface area contributed by atoms with Gasteiger partial charge in [-0.05, 0) is 6.92 Å². The Hall–Kier alpha value is -2.81. The minimum absolute atomic E-state index is 0.0608. The number of nitrogen functional groups attached to an aromatic ring is 1. The molecule has 4 aromatic rings. The number of nitrogens with zero attached hydrogens (tertiary/aromatic N) is 2. The third-order valence-corrected chi connectivity index (χ3v) is 4.46. The lowest BCUT2D eigenvalue weighted by Gasteiger charge is -2.07. The number of pyridine rings is 1. The molecule has 0 saturated heterocycles. The predicted octanol–water partition coefficient (Wildman–Crippen LogP) is 2.70. The quantitative estimate of drug-likeness (QED) is 0.498. The summed E-state index contributed by atoms with van der Waals surface area (Å²) in [4.78, 5) is 20.5. The standard InChI is InChI=1S/C14H9F2N5OS/c1-4-8-10-9(5(15)2-6(22)11(10)16)12(19-13(8)21-20-4)7-3-18-14(17)23-7/h2-3H,1H3,(H2,17,18)(H2,19,20,21). The fourth-order valence-electron chi connectivity index (χ4n) is 2.66. The number of hydrogen-bond acceptors (Lipinski definition) is 5. The van der Waals surface area contributed by atoms with Crippen LogP contribution in [0.2, 0.25) is 0 Å². The SMILES string of the molecule is Cc1[nH][nH]c2nc(-c3cnc(N)s3)c3c(F)cc(=O)c(F)c3c12. The molecule has 116 valence electrons. The molecule has 23 heavy (non-hydrogen) atoms. The lowest BCUT2D eigenvalue weighted by molar-refractivity contribution is 0.609. The molecule has 3 heterocycles. The molecule has 0 aliphatic carbocycles. The molecule has 0 amide bonds. The van der Waals surface area contributed by atoms with Crippen molar-refractivity contribution in [3.8, 4) is 10.6 Å². The fraction of sp³-hybridized carbons (Fsp3) is 0.0714. The number of fused-ring (bicyclic) bond motifs is 3. The number of aromatic amines is 2. The molecule has 3 aromatic heterocycles. The molecule has 0 spiro atoms. The highest BCUT2D eigenvalue weighted by molar-refractivity contribution is 7.18. The van der Waals surface area contributed by atoms with Gasteiger partial charge in [-0.2, -0.15) is 0 Å². The Balaban J connectivity index is 2.31. The minimum atomic E-state index is -1.01. The molecule has 4 N–H and O–H groups in total. The number of rotatable bonds is 1. The average Bonchev–Trinajstić information content (AvgIpc) is 3.10. The first kappa shape index (κ1) is 13.8. The number of thiazole rings is 1. The van der Waals surface area contributed by atoms with Gasteiger partial charge < -0.3 is 10.8 Å². The monoisotopic (exact) mass is 333 g/mol. The number of H-pyrrole nitrogens is 2. The van der Waals surface area contributed by atoms with Crippen LogP contribution in [0.4, 0.5) is 13.9 Å². The van der Waals surface area contributed by atoms with Gasteiger partial charge in [-0.25, -0.2) is 18.7 Å². The number of benzene rings is 1. The van der Waals surface area contributed by atoms with Gasteiger partial charge >= 0.3 is 0 Å². The number of hydrogen-bond donors (Lipinski definition) is 3. The molecule has 1 aromatic carbocycles. The van der Waals surface area contributed by atoms with Crippen molar-refractivity contribution >= 4 is 38.3 Å². The van der Waals surface area contributed by atoms with Crippen LogP contribution in [-0.4, -0.2) is 20.2 Å². The number of aryl methyl sites for hydroxylation is 1. The van der Waals surface area contributed by atoms with Crippen molar-refractivity contribution in [2.75, 3.05) is 5.73 Å². The van der Waals surface area contributed by atoms with E-state index in [4.69, 9.17) is 5.73 Å². The topological polar surface area (TPSA) is 100 Å². The molecule has 0 atom stereocenters. The van der Waals surface area contributed by atoms with Gasteiger partial charge in [0.2, 0.25) is 5.43 Å². The first-order valence-corrected chi connectivity index (χ1v) is 7.39. The van der Waals surface area contributed by atoms with Crippen molar-refractivity contribution in [1.82, 2.24) is 20.2 Å². The average molecular weight is 333 g/mol. The highest BCUT2D eigenvalue weighted by Crippen LogP contribution is 2.37. The van der Waals surface area contributed by atoms with E-state index in [0.717, 1.165) is 11.3 Å². The summed E-state index contributed by atoms with van der Waals surface area (Å²) in [5, 5.41) is 6.06. The smallest absolute Gasteiger partial charge is 0.217 e. The molecule has 0 radical (unpaired) electrons. The Bertz CT molecular complexity index is 1140. The maximum Gasteiger partial charge on any atom is 0.217 e. The second-order valence-corrected chi connectivity index (χ2v) is 6.10. The van der Waals surface area contributed by atoms with Gasteiger partial charge in [0.1, 0.15) is 5.82 Å².